The van der Waals surface area contributed by atoms with E-state index in [0.29, 0.717) is 19.6 Å². The van der Waals surface area contributed by atoms with Crippen LogP contribution in [0.5, 0.6) is 0 Å². The van der Waals surface area contributed by atoms with Crippen molar-refractivity contribution in [1.82, 2.24) is 10.2 Å². The van der Waals surface area contributed by atoms with Gasteiger partial charge in [-0.2, -0.15) is 0 Å². The van der Waals surface area contributed by atoms with E-state index in [1.165, 1.54) is 5.56 Å². The molecule has 1 aliphatic heterocycles. The van der Waals surface area contributed by atoms with Crippen LogP contribution in [0, 0.1) is 13.8 Å². The summed E-state index contributed by atoms with van der Waals surface area (Å²) in [6.45, 7) is 10.0. The highest BCUT2D eigenvalue weighted by atomic mass is 16.2. The monoisotopic (exact) mass is 407 g/mol. The van der Waals surface area contributed by atoms with Crippen LogP contribution in [-0.4, -0.2) is 48.4 Å². The van der Waals surface area contributed by atoms with E-state index in [2.05, 4.69) is 43.1 Å². The van der Waals surface area contributed by atoms with Gasteiger partial charge < -0.3 is 15.1 Å². The zero-order valence-corrected chi connectivity index (χ0v) is 18.5. The van der Waals surface area contributed by atoms with Crippen molar-refractivity contribution in [1.29, 1.82) is 0 Å². The van der Waals surface area contributed by atoms with E-state index in [1.54, 1.807) is 0 Å². The molecule has 1 aliphatic rings. The van der Waals surface area contributed by atoms with Crippen molar-refractivity contribution < 1.29 is 9.59 Å². The number of anilines is 1. The summed E-state index contributed by atoms with van der Waals surface area (Å²) in [6.07, 6.45) is 1.57. The van der Waals surface area contributed by atoms with Crippen LogP contribution in [0.1, 0.15) is 48.2 Å². The van der Waals surface area contributed by atoms with E-state index in [9.17, 15) is 9.59 Å². The fourth-order valence-electron chi connectivity index (χ4n) is 4.04. The molecule has 0 saturated carbocycles. The number of rotatable bonds is 6. The second kappa shape index (κ2) is 9.79. The van der Waals surface area contributed by atoms with E-state index in [0.717, 1.165) is 29.7 Å². The lowest BCUT2D eigenvalue weighted by Crippen LogP contribution is -2.50. The molecule has 160 valence electrons. The fourth-order valence-corrected chi connectivity index (χ4v) is 4.04. The maximum atomic E-state index is 13.0. The van der Waals surface area contributed by atoms with Gasteiger partial charge in [-0.3, -0.25) is 9.59 Å². The first-order chi connectivity index (χ1) is 14.4. The normalized spacial score (nSPS) is 14.6. The maximum absolute atomic E-state index is 13.0. The van der Waals surface area contributed by atoms with E-state index >= 15 is 0 Å². The average molecular weight is 408 g/mol. The van der Waals surface area contributed by atoms with Gasteiger partial charge in [-0.25, -0.2) is 0 Å². The Kier molecular flexibility index (Phi) is 7.14. The number of likely N-dealkylation sites (tertiary alicyclic amines) is 1. The molecule has 0 aromatic heterocycles. The molecular weight excluding hydrogens is 374 g/mol. The molecule has 2 aromatic rings. The summed E-state index contributed by atoms with van der Waals surface area (Å²) in [5.41, 5.74) is 3.99. The van der Waals surface area contributed by atoms with Crippen LogP contribution in [0.15, 0.2) is 48.5 Å². The number of nitrogens with zero attached hydrogens (tertiary/aromatic N) is 2. The maximum Gasteiger partial charge on any atom is 0.251 e. The molecule has 0 unspecified atom stereocenters. The molecule has 1 heterocycles. The molecule has 5 nitrogen and oxygen atoms in total. The lowest BCUT2D eigenvalue weighted by Gasteiger charge is -2.36. The third kappa shape index (κ3) is 5.21. The van der Waals surface area contributed by atoms with Crippen molar-refractivity contribution in [2.24, 2.45) is 0 Å². The Morgan fingerprint density at radius 1 is 1.00 bits per heavy atom. The number of benzene rings is 2. The molecule has 2 aromatic carbocycles. The standard InChI is InChI=1S/C25H33N3O2/c1-18(2)28(23-12-8-6-10-20(23)4)17-24(29)27-15-13-21(14-16-27)26-25(30)22-11-7-5-9-19(22)3/h5-12,18,21H,13-17H2,1-4H3,(H,26,30). The number of hydrogen-bond acceptors (Lipinski definition) is 3. The molecule has 0 spiro atoms. The second-order valence-corrected chi connectivity index (χ2v) is 8.45. The first-order valence-electron chi connectivity index (χ1n) is 10.8. The minimum atomic E-state index is -0.0246. The number of aryl methyl sites for hydroxylation is 2. The number of carbonyl (C=O) groups excluding carboxylic acids is 2. The molecule has 3 rings (SSSR count). The molecule has 0 radical (unpaired) electrons. The number of hydrogen-bond donors (Lipinski definition) is 1. The average Bonchev–Trinajstić information content (AvgIpc) is 2.73. The Morgan fingerprint density at radius 2 is 1.60 bits per heavy atom. The predicted molar refractivity (Wildman–Crippen MR) is 122 cm³/mol. The summed E-state index contributed by atoms with van der Waals surface area (Å²) in [6, 6.07) is 16.2. The van der Waals surface area contributed by atoms with Crippen molar-refractivity contribution in [3.8, 4) is 0 Å². The zero-order chi connectivity index (χ0) is 21.7. The number of carbonyl (C=O) groups is 2. The predicted octanol–water partition coefficient (Wildman–Crippen LogP) is 3.94. The van der Waals surface area contributed by atoms with Crippen molar-refractivity contribution in [2.75, 3.05) is 24.5 Å². The highest BCUT2D eigenvalue weighted by Crippen LogP contribution is 2.22. The van der Waals surface area contributed by atoms with Crippen LogP contribution in [0.2, 0.25) is 0 Å². The Balaban J connectivity index is 1.55. The van der Waals surface area contributed by atoms with Gasteiger partial charge in [0.1, 0.15) is 0 Å². The quantitative estimate of drug-likeness (QED) is 0.789. The second-order valence-electron chi connectivity index (χ2n) is 8.45. The fraction of sp³-hybridized carbons (Fsp3) is 0.440. The Hall–Kier alpha value is -2.82. The van der Waals surface area contributed by atoms with Gasteiger partial charge >= 0.3 is 0 Å². The van der Waals surface area contributed by atoms with E-state index in [4.69, 9.17) is 0 Å². The lowest BCUT2D eigenvalue weighted by molar-refractivity contribution is -0.130. The third-order valence-corrected chi connectivity index (χ3v) is 5.93. The first kappa shape index (κ1) is 21.9. The van der Waals surface area contributed by atoms with E-state index in [-0.39, 0.29) is 23.9 Å². The van der Waals surface area contributed by atoms with Gasteiger partial charge in [-0.1, -0.05) is 36.4 Å². The van der Waals surface area contributed by atoms with Gasteiger partial charge in [0.25, 0.3) is 5.91 Å². The Labute approximate surface area is 180 Å². The molecule has 30 heavy (non-hydrogen) atoms. The molecule has 0 bridgehead atoms. The molecule has 1 N–H and O–H groups in total. The SMILES string of the molecule is Cc1ccccc1C(=O)NC1CCN(C(=O)CN(c2ccccc2C)C(C)C)CC1. The highest BCUT2D eigenvalue weighted by molar-refractivity contribution is 5.95. The van der Waals surface area contributed by atoms with Crippen LogP contribution < -0.4 is 10.2 Å². The zero-order valence-electron chi connectivity index (χ0n) is 18.5. The summed E-state index contributed by atoms with van der Waals surface area (Å²) in [7, 11) is 0. The van der Waals surface area contributed by atoms with Crippen LogP contribution in [0.4, 0.5) is 5.69 Å². The van der Waals surface area contributed by atoms with Gasteiger partial charge in [0.15, 0.2) is 0 Å². The van der Waals surface area contributed by atoms with Crippen molar-refractivity contribution in [2.45, 2.75) is 52.6 Å². The molecule has 2 amide bonds. The number of para-hydroxylation sites is 1. The van der Waals surface area contributed by atoms with Crippen molar-refractivity contribution in [3.63, 3.8) is 0 Å². The van der Waals surface area contributed by atoms with Gasteiger partial charge in [-0.15, -0.1) is 0 Å². The number of amides is 2. The molecule has 5 heteroatoms. The summed E-state index contributed by atoms with van der Waals surface area (Å²) in [5, 5.41) is 3.14. The minimum Gasteiger partial charge on any atom is -0.360 e. The molecule has 1 saturated heterocycles. The van der Waals surface area contributed by atoms with Gasteiger partial charge in [0, 0.05) is 36.4 Å². The Bertz CT molecular complexity index is 885. The van der Waals surface area contributed by atoms with Crippen LogP contribution in [0.25, 0.3) is 0 Å². The molecule has 0 atom stereocenters. The lowest BCUT2D eigenvalue weighted by atomic mass is 10.0. The smallest absolute Gasteiger partial charge is 0.251 e. The summed E-state index contributed by atoms with van der Waals surface area (Å²) in [4.78, 5) is 29.7. The molecular formula is C25H33N3O2. The molecule has 1 fully saturated rings. The largest absolute Gasteiger partial charge is 0.360 e. The van der Waals surface area contributed by atoms with Crippen molar-refractivity contribution >= 4 is 17.5 Å². The van der Waals surface area contributed by atoms with Crippen molar-refractivity contribution in [3.05, 3.63) is 65.2 Å². The van der Waals surface area contributed by atoms with Gasteiger partial charge in [0.2, 0.25) is 5.91 Å². The number of piperidine rings is 1. The van der Waals surface area contributed by atoms with Gasteiger partial charge in [-0.05, 0) is 63.8 Å². The minimum absolute atomic E-state index is 0.0246. The van der Waals surface area contributed by atoms with Gasteiger partial charge in [0.05, 0.1) is 6.54 Å². The van der Waals surface area contributed by atoms with Crippen LogP contribution in [0.3, 0.4) is 0 Å². The third-order valence-electron chi connectivity index (χ3n) is 5.93. The van der Waals surface area contributed by atoms with Crippen LogP contribution in [-0.2, 0) is 4.79 Å². The topological polar surface area (TPSA) is 52.7 Å². The summed E-state index contributed by atoms with van der Waals surface area (Å²) >= 11 is 0. The first-order valence-corrected chi connectivity index (χ1v) is 10.8. The summed E-state index contributed by atoms with van der Waals surface area (Å²) < 4.78 is 0. The van der Waals surface area contributed by atoms with Crippen LogP contribution >= 0.6 is 0 Å². The molecule has 0 aliphatic carbocycles. The highest BCUT2D eigenvalue weighted by Gasteiger charge is 2.26. The van der Waals surface area contributed by atoms with E-state index in [1.807, 2.05) is 48.2 Å². The van der Waals surface area contributed by atoms with E-state index < -0.39 is 0 Å². The summed E-state index contributed by atoms with van der Waals surface area (Å²) in [5.74, 6) is 0.124. The number of nitrogens with one attached hydrogen (secondary N) is 1. The Morgan fingerprint density at radius 3 is 2.20 bits per heavy atom.